The molecule has 4 heteroatoms. The van der Waals surface area contributed by atoms with E-state index in [0.29, 0.717) is 19.6 Å². The molecular weight excluding hydrogens is 180 g/mol. The fraction of sp³-hybridized carbons (Fsp3) is 0.900. The zero-order valence-corrected chi connectivity index (χ0v) is 9.25. The molecule has 0 radical (unpaired) electrons. The van der Waals surface area contributed by atoms with Gasteiger partial charge >= 0.3 is 0 Å². The Morgan fingerprint density at radius 2 is 2.07 bits per heavy atom. The summed E-state index contributed by atoms with van der Waals surface area (Å²) in [6.07, 6.45) is 1.43. The summed E-state index contributed by atoms with van der Waals surface area (Å²) in [7, 11) is 1.69. The zero-order valence-electron chi connectivity index (χ0n) is 9.25. The van der Waals surface area contributed by atoms with Crippen molar-refractivity contribution in [3.05, 3.63) is 0 Å². The molecule has 0 amide bonds. The molecule has 0 fully saturated rings. The second-order valence-electron chi connectivity index (χ2n) is 3.85. The Kier molecular flexibility index (Phi) is 6.46. The largest absolute Gasteiger partial charge is 0.381 e. The van der Waals surface area contributed by atoms with Crippen LogP contribution in [-0.2, 0) is 9.47 Å². The highest BCUT2D eigenvalue weighted by molar-refractivity contribution is 4.85. The van der Waals surface area contributed by atoms with E-state index in [1.807, 2.05) is 19.9 Å². The van der Waals surface area contributed by atoms with Gasteiger partial charge in [0, 0.05) is 20.3 Å². The van der Waals surface area contributed by atoms with E-state index in [-0.39, 0.29) is 5.60 Å². The maximum absolute atomic E-state index is 8.41. The van der Waals surface area contributed by atoms with Crippen LogP contribution >= 0.6 is 0 Å². The topological polar surface area (TPSA) is 68.3 Å². The fourth-order valence-electron chi connectivity index (χ4n) is 0.797. The van der Waals surface area contributed by atoms with E-state index in [9.17, 15) is 0 Å². The van der Waals surface area contributed by atoms with Gasteiger partial charge < -0.3 is 15.2 Å². The van der Waals surface area contributed by atoms with Crippen LogP contribution in [0.15, 0.2) is 0 Å². The third-order valence-electron chi connectivity index (χ3n) is 2.14. The lowest BCUT2D eigenvalue weighted by Gasteiger charge is -2.22. The van der Waals surface area contributed by atoms with Crippen molar-refractivity contribution >= 4 is 0 Å². The van der Waals surface area contributed by atoms with Crippen molar-refractivity contribution in [3.63, 3.8) is 0 Å². The molecule has 0 aliphatic carbocycles. The summed E-state index contributed by atoms with van der Waals surface area (Å²) in [4.78, 5) is 0. The average molecular weight is 200 g/mol. The Morgan fingerprint density at radius 3 is 2.57 bits per heavy atom. The van der Waals surface area contributed by atoms with Gasteiger partial charge in [0.2, 0.25) is 0 Å². The van der Waals surface area contributed by atoms with Crippen LogP contribution in [0.1, 0.15) is 26.7 Å². The van der Waals surface area contributed by atoms with Crippen LogP contribution in [-0.4, -0.2) is 32.0 Å². The van der Waals surface area contributed by atoms with E-state index < -0.39 is 6.04 Å². The molecule has 2 N–H and O–H groups in total. The molecule has 82 valence electrons. The van der Waals surface area contributed by atoms with E-state index in [1.54, 1.807) is 7.11 Å². The Balaban J connectivity index is 3.35. The molecule has 1 atom stereocenters. The number of ether oxygens (including phenoxy) is 2. The molecule has 0 saturated heterocycles. The monoisotopic (exact) mass is 200 g/mol. The van der Waals surface area contributed by atoms with Crippen molar-refractivity contribution in [2.24, 2.45) is 5.73 Å². The van der Waals surface area contributed by atoms with Crippen LogP contribution in [0.2, 0.25) is 0 Å². The van der Waals surface area contributed by atoms with Gasteiger partial charge in [0.25, 0.3) is 0 Å². The molecule has 4 nitrogen and oxygen atoms in total. The molecular formula is C10H20N2O2. The molecule has 0 heterocycles. The molecule has 0 aromatic heterocycles. The van der Waals surface area contributed by atoms with E-state index in [1.165, 1.54) is 0 Å². The van der Waals surface area contributed by atoms with E-state index in [0.717, 1.165) is 6.42 Å². The highest BCUT2D eigenvalue weighted by Gasteiger charge is 2.15. The second-order valence-corrected chi connectivity index (χ2v) is 3.85. The summed E-state index contributed by atoms with van der Waals surface area (Å²) in [5.74, 6) is 0. The van der Waals surface area contributed by atoms with Crippen LogP contribution in [0.5, 0.6) is 0 Å². The predicted octanol–water partition coefficient (Wildman–Crippen LogP) is 1.06. The van der Waals surface area contributed by atoms with E-state index in [4.69, 9.17) is 20.5 Å². The lowest BCUT2D eigenvalue weighted by Crippen LogP contribution is -2.25. The van der Waals surface area contributed by atoms with Crippen LogP contribution < -0.4 is 5.73 Å². The summed E-state index contributed by atoms with van der Waals surface area (Å²) < 4.78 is 10.6. The van der Waals surface area contributed by atoms with Gasteiger partial charge in [0.05, 0.1) is 17.7 Å². The molecule has 0 aliphatic rings. The summed E-state index contributed by atoms with van der Waals surface area (Å²) in [6, 6.07) is 1.54. The number of rotatable bonds is 7. The normalized spacial score (nSPS) is 13.6. The molecule has 0 aliphatic heterocycles. The lowest BCUT2D eigenvalue weighted by molar-refractivity contribution is -0.0101. The van der Waals surface area contributed by atoms with Gasteiger partial charge in [0.1, 0.15) is 0 Å². The van der Waals surface area contributed by atoms with Gasteiger partial charge in [0.15, 0.2) is 0 Å². The van der Waals surface area contributed by atoms with Gasteiger partial charge in [-0.05, 0) is 26.7 Å². The molecule has 0 spiro atoms. The number of hydrogen-bond acceptors (Lipinski definition) is 4. The quantitative estimate of drug-likeness (QED) is 0.624. The predicted molar refractivity (Wildman–Crippen MR) is 54.7 cm³/mol. The van der Waals surface area contributed by atoms with Crippen LogP contribution in [0.25, 0.3) is 0 Å². The number of nitrogens with zero attached hydrogens (tertiary/aromatic N) is 1. The van der Waals surface area contributed by atoms with E-state index in [2.05, 4.69) is 0 Å². The highest BCUT2D eigenvalue weighted by atomic mass is 16.5. The average Bonchev–Trinajstić information content (AvgIpc) is 2.17. The summed E-state index contributed by atoms with van der Waals surface area (Å²) in [5.41, 5.74) is 5.26. The maximum Gasteiger partial charge on any atom is 0.0950 e. The molecule has 0 saturated carbocycles. The minimum atomic E-state index is -0.412. The standard InChI is InChI=1S/C10H20N2O2/c1-10(2,13-3)5-7-14-6-4-9(12)8-11/h9H,4-7,12H2,1-3H3. The highest BCUT2D eigenvalue weighted by Crippen LogP contribution is 2.12. The summed E-state index contributed by atoms with van der Waals surface area (Å²) in [6.45, 7) is 5.20. The SMILES string of the molecule is COC(C)(C)CCOCCC(N)C#N. The van der Waals surface area contributed by atoms with E-state index >= 15 is 0 Å². The lowest BCUT2D eigenvalue weighted by atomic mass is 10.1. The van der Waals surface area contributed by atoms with Crippen molar-refractivity contribution in [2.75, 3.05) is 20.3 Å². The molecule has 0 rings (SSSR count). The second kappa shape index (κ2) is 6.77. The van der Waals surface area contributed by atoms with Crippen molar-refractivity contribution in [2.45, 2.75) is 38.3 Å². The van der Waals surface area contributed by atoms with Gasteiger partial charge in [-0.3, -0.25) is 0 Å². The van der Waals surface area contributed by atoms with Gasteiger partial charge in [-0.2, -0.15) is 5.26 Å². The molecule has 0 aromatic rings. The van der Waals surface area contributed by atoms with Crippen molar-refractivity contribution in [1.82, 2.24) is 0 Å². The third-order valence-corrected chi connectivity index (χ3v) is 2.14. The number of nitrogens with two attached hydrogens (primary N) is 1. The van der Waals surface area contributed by atoms with Crippen molar-refractivity contribution in [3.8, 4) is 6.07 Å². The Bertz CT molecular complexity index is 187. The van der Waals surface area contributed by atoms with Crippen LogP contribution in [0.4, 0.5) is 0 Å². The number of methoxy groups -OCH3 is 1. The summed E-state index contributed by atoms with van der Waals surface area (Å²) in [5, 5.41) is 8.41. The molecule has 0 aromatic carbocycles. The first-order valence-electron chi connectivity index (χ1n) is 4.80. The van der Waals surface area contributed by atoms with Gasteiger partial charge in [-0.15, -0.1) is 0 Å². The Hall–Kier alpha value is -0.630. The molecule has 14 heavy (non-hydrogen) atoms. The van der Waals surface area contributed by atoms with Crippen molar-refractivity contribution < 1.29 is 9.47 Å². The Morgan fingerprint density at radius 1 is 1.43 bits per heavy atom. The zero-order chi connectivity index (χ0) is 11.0. The smallest absolute Gasteiger partial charge is 0.0950 e. The minimum absolute atomic E-state index is 0.142. The molecule has 0 bridgehead atoms. The third kappa shape index (κ3) is 6.84. The van der Waals surface area contributed by atoms with Crippen LogP contribution in [0.3, 0.4) is 0 Å². The molecule has 1 unspecified atom stereocenters. The Labute approximate surface area is 86.0 Å². The first kappa shape index (κ1) is 13.4. The van der Waals surface area contributed by atoms with Crippen molar-refractivity contribution in [1.29, 1.82) is 5.26 Å². The fourth-order valence-corrected chi connectivity index (χ4v) is 0.797. The summed E-state index contributed by atoms with van der Waals surface area (Å²) >= 11 is 0. The first-order chi connectivity index (χ1) is 6.52. The minimum Gasteiger partial charge on any atom is -0.381 e. The number of hydrogen-bond donors (Lipinski definition) is 1. The number of nitriles is 1. The first-order valence-corrected chi connectivity index (χ1v) is 4.80. The van der Waals surface area contributed by atoms with Crippen LogP contribution in [0, 0.1) is 11.3 Å². The van der Waals surface area contributed by atoms with Gasteiger partial charge in [-0.1, -0.05) is 0 Å². The maximum atomic E-state index is 8.41. The van der Waals surface area contributed by atoms with Gasteiger partial charge in [-0.25, -0.2) is 0 Å².